The van der Waals surface area contributed by atoms with Crippen molar-refractivity contribution in [2.45, 2.75) is 12.4 Å². The summed E-state index contributed by atoms with van der Waals surface area (Å²) in [4.78, 5) is 4.18. The first kappa shape index (κ1) is 19.9. The lowest BCUT2D eigenvalue weighted by Gasteiger charge is -2.14. The molecule has 3 aromatic carbocycles. The molecule has 1 aromatic heterocycles. The zero-order valence-corrected chi connectivity index (χ0v) is 15.2. The minimum atomic E-state index is -4.57. The number of alkyl halides is 6. The molecule has 4 aromatic rings. The molecule has 0 saturated carbocycles. The van der Waals surface area contributed by atoms with Gasteiger partial charge in [-0.15, -0.1) is 0 Å². The second-order valence-electron chi connectivity index (χ2n) is 6.70. The third-order valence-corrected chi connectivity index (χ3v) is 4.73. The van der Waals surface area contributed by atoms with Crippen LogP contribution in [0.4, 0.5) is 26.3 Å². The van der Waals surface area contributed by atoms with E-state index in [1.165, 1.54) is 48.5 Å². The van der Waals surface area contributed by atoms with Crippen molar-refractivity contribution >= 4 is 10.9 Å². The molecule has 7 heteroatoms. The fourth-order valence-electron chi connectivity index (χ4n) is 3.36. The highest BCUT2D eigenvalue weighted by Gasteiger charge is 2.34. The highest BCUT2D eigenvalue weighted by atomic mass is 19.4. The normalized spacial score (nSPS) is 12.3. The number of benzene rings is 3. The van der Waals surface area contributed by atoms with E-state index < -0.39 is 23.5 Å². The molecule has 1 heterocycles. The van der Waals surface area contributed by atoms with Crippen LogP contribution in [0.25, 0.3) is 33.3 Å². The molecule has 0 atom stereocenters. The van der Waals surface area contributed by atoms with E-state index in [0.717, 1.165) is 12.1 Å². The number of halogens is 6. The molecule has 0 saturated heterocycles. The Labute approximate surface area is 167 Å². The predicted molar refractivity (Wildman–Crippen MR) is 103 cm³/mol. The van der Waals surface area contributed by atoms with Crippen molar-refractivity contribution in [2.24, 2.45) is 0 Å². The largest absolute Gasteiger partial charge is 0.418 e. The van der Waals surface area contributed by atoms with Crippen LogP contribution >= 0.6 is 0 Å². The molecule has 0 fully saturated rings. The van der Waals surface area contributed by atoms with Gasteiger partial charge in [0.1, 0.15) is 0 Å². The van der Waals surface area contributed by atoms with Crippen molar-refractivity contribution in [3.05, 3.63) is 90.0 Å². The maximum Gasteiger partial charge on any atom is 0.418 e. The van der Waals surface area contributed by atoms with Crippen LogP contribution in [0.5, 0.6) is 0 Å². The molecular formula is C23H13F6N. The van der Waals surface area contributed by atoms with Gasteiger partial charge in [0.25, 0.3) is 0 Å². The standard InChI is InChI=1S/C23H13F6N/c24-22(25,26)18-9-2-1-8-17(18)15-6-3-7-16(13-15)20-12-11-14-5-4-10-19(21(14)30-20)23(27,28)29/h1-13H. The molecule has 4 rings (SSSR count). The molecule has 0 aliphatic rings. The Morgan fingerprint density at radius 1 is 0.567 bits per heavy atom. The summed E-state index contributed by atoms with van der Waals surface area (Å²) >= 11 is 0. The molecular weight excluding hydrogens is 404 g/mol. The van der Waals surface area contributed by atoms with Crippen LogP contribution in [0.3, 0.4) is 0 Å². The molecule has 152 valence electrons. The number of nitrogens with zero attached hydrogens (tertiary/aromatic N) is 1. The zero-order chi connectivity index (χ0) is 21.5. The zero-order valence-electron chi connectivity index (χ0n) is 15.2. The Morgan fingerprint density at radius 3 is 1.93 bits per heavy atom. The van der Waals surface area contributed by atoms with Crippen molar-refractivity contribution in [3.63, 3.8) is 0 Å². The number of para-hydroxylation sites is 1. The highest BCUT2D eigenvalue weighted by molar-refractivity contribution is 5.85. The lowest BCUT2D eigenvalue weighted by molar-refractivity contribution is -0.137. The maximum absolute atomic E-state index is 13.4. The lowest BCUT2D eigenvalue weighted by Crippen LogP contribution is -2.07. The van der Waals surface area contributed by atoms with Gasteiger partial charge in [0.05, 0.1) is 22.3 Å². The minimum Gasteiger partial charge on any atom is -0.247 e. The monoisotopic (exact) mass is 417 g/mol. The van der Waals surface area contributed by atoms with E-state index in [2.05, 4.69) is 4.98 Å². The number of hydrogen-bond donors (Lipinski definition) is 0. The topological polar surface area (TPSA) is 12.9 Å². The summed E-state index contributed by atoms with van der Waals surface area (Å²) < 4.78 is 80.1. The van der Waals surface area contributed by atoms with Gasteiger partial charge in [-0.3, -0.25) is 0 Å². The molecule has 0 spiro atoms. The van der Waals surface area contributed by atoms with Crippen LogP contribution in [-0.4, -0.2) is 4.98 Å². The van der Waals surface area contributed by atoms with Crippen molar-refractivity contribution in [1.29, 1.82) is 0 Å². The van der Waals surface area contributed by atoms with Crippen LogP contribution in [0.1, 0.15) is 11.1 Å². The van der Waals surface area contributed by atoms with E-state index in [1.807, 2.05) is 0 Å². The molecule has 0 N–H and O–H groups in total. The van der Waals surface area contributed by atoms with Gasteiger partial charge in [0, 0.05) is 10.9 Å². The maximum atomic E-state index is 13.4. The summed E-state index contributed by atoms with van der Waals surface area (Å²) in [7, 11) is 0. The van der Waals surface area contributed by atoms with Crippen molar-refractivity contribution < 1.29 is 26.3 Å². The average molecular weight is 417 g/mol. The van der Waals surface area contributed by atoms with E-state index in [-0.39, 0.29) is 16.8 Å². The Morgan fingerprint density at radius 2 is 1.20 bits per heavy atom. The van der Waals surface area contributed by atoms with Crippen LogP contribution in [0.2, 0.25) is 0 Å². The Bertz CT molecular complexity index is 1220. The molecule has 1 nitrogen and oxygen atoms in total. The molecule has 0 bridgehead atoms. The van der Waals surface area contributed by atoms with Gasteiger partial charge in [-0.1, -0.05) is 54.6 Å². The van der Waals surface area contributed by atoms with E-state index in [9.17, 15) is 26.3 Å². The average Bonchev–Trinajstić information content (AvgIpc) is 2.72. The SMILES string of the molecule is FC(F)(F)c1ccccc1-c1cccc(-c2ccc3cccc(C(F)(F)F)c3n2)c1. The third kappa shape index (κ3) is 3.75. The number of fused-ring (bicyclic) bond motifs is 1. The summed E-state index contributed by atoms with van der Waals surface area (Å²) in [5.41, 5.74) is -0.902. The molecule has 0 aliphatic heterocycles. The summed E-state index contributed by atoms with van der Waals surface area (Å²) in [5, 5.41) is 0.326. The van der Waals surface area contributed by atoms with Gasteiger partial charge >= 0.3 is 12.4 Å². The van der Waals surface area contributed by atoms with Crippen LogP contribution in [0, 0.1) is 0 Å². The molecule has 30 heavy (non-hydrogen) atoms. The number of rotatable bonds is 2. The van der Waals surface area contributed by atoms with E-state index in [1.54, 1.807) is 18.2 Å². The van der Waals surface area contributed by atoms with Crippen LogP contribution in [-0.2, 0) is 12.4 Å². The van der Waals surface area contributed by atoms with Crippen molar-refractivity contribution in [3.8, 4) is 22.4 Å². The smallest absolute Gasteiger partial charge is 0.247 e. The molecule has 0 radical (unpaired) electrons. The highest BCUT2D eigenvalue weighted by Crippen LogP contribution is 2.38. The molecule has 0 unspecified atom stereocenters. The first-order valence-corrected chi connectivity index (χ1v) is 8.88. The Kier molecular flexibility index (Phi) is 4.76. The fourth-order valence-corrected chi connectivity index (χ4v) is 3.36. The van der Waals surface area contributed by atoms with E-state index >= 15 is 0 Å². The second-order valence-corrected chi connectivity index (χ2v) is 6.70. The van der Waals surface area contributed by atoms with Gasteiger partial charge in [0.2, 0.25) is 0 Å². The van der Waals surface area contributed by atoms with E-state index in [4.69, 9.17) is 0 Å². The summed E-state index contributed by atoms with van der Waals surface area (Å²) in [5.74, 6) is 0. The van der Waals surface area contributed by atoms with Gasteiger partial charge in [-0.2, -0.15) is 26.3 Å². The summed E-state index contributed by atoms with van der Waals surface area (Å²) in [6, 6.07) is 18.2. The minimum absolute atomic E-state index is 0.0105. The Hall–Kier alpha value is -3.35. The van der Waals surface area contributed by atoms with Gasteiger partial charge in [-0.05, 0) is 35.4 Å². The first-order valence-electron chi connectivity index (χ1n) is 8.88. The fraction of sp³-hybridized carbons (Fsp3) is 0.0870. The van der Waals surface area contributed by atoms with E-state index in [0.29, 0.717) is 16.5 Å². The summed E-state index contributed by atoms with van der Waals surface area (Å²) in [6.07, 6.45) is -9.10. The third-order valence-electron chi connectivity index (χ3n) is 4.73. The predicted octanol–water partition coefficient (Wildman–Crippen LogP) is 7.61. The molecule has 0 amide bonds. The van der Waals surface area contributed by atoms with Crippen LogP contribution < -0.4 is 0 Å². The van der Waals surface area contributed by atoms with Crippen LogP contribution in [0.15, 0.2) is 78.9 Å². The van der Waals surface area contributed by atoms with Crippen molar-refractivity contribution in [2.75, 3.05) is 0 Å². The van der Waals surface area contributed by atoms with Gasteiger partial charge < -0.3 is 0 Å². The quantitative estimate of drug-likeness (QED) is 0.306. The second kappa shape index (κ2) is 7.16. The first-order chi connectivity index (χ1) is 14.1. The Balaban J connectivity index is 1.86. The number of hydrogen-bond acceptors (Lipinski definition) is 1. The summed E-state index contributed by atoms with van der Waals surface area (Å²) in [6.45, 7) is 0. The van der Waals surface area contributed by atoms with Gasteiger partial charge in [-0.25, -0.2) is 4.98 Å². The van der Waals surface area contributed by atoms with Crippen molar-refractivity contribution in [1.82, 2.24) is 4.98 Å². The number of aromatic nitrogens is 1. The lowest BCUT2D eigenvalue weighted by atomic mass is 9.96. The van der Waals surface area contributed by atoms with Gasteiger partial charge in [0.15, 0.2) is 0 Å². The molecule has 0 aliphatic carbocycles. The number of pyridine rings is 1.